The summed E-state index contributed by atoms with van der Waals surface area (Å²) >= 11 is 0. The molecule has 0 saturated heterocycles. The molecule has 1 saturated carbocycles. The van der Waals surface area contributed by atoms with E-state index in [1.807, 2.05) is 6.07 Å². The summed E-state index contributed by atoms with van der Waals surface area (Å²) in [5.41, 5.74) is 1.44. The molecule has 0 spiro atoms. The van der Waals surface area contributed by atoms with E-state index < -0.39 is 0 Å². The topological polar surface area (TPSA) is 68.1 Å². The van der Waals surface area contributed by atoms with Crippen molar-refractivity contribution in [2.45, 2.75) is 19.3 Å². The number of nitrogens with zero attached hydrogens (tertiary/aromatic N) is 2. The Morgan fingerprint density at radius 3 is 2.89 bits per heavy atom. The van der Waals surface area contributed by atoms with Crippen molar-refractivity contribution in [1.29, 1.82) is 0 Å². The van der Waals surface area contributed by atoms with Gasteiger partial charge in [0.2, 0.25) is 0 Å². The highest BCUT2D eigenvalue weighted by atomic mass is 16.6. The fourth-order valence-electron chi connectivity index (χ4n) is 2.41. The smallest absolute Gasteiger partial charge is 0.295 e. The van der Waals surface area contributed by atoms with Crippen LogP contribution >= 0.6 is 0 Å². The van der Waals surface area contributed by atoms with E-state index in [0.29, 0.717) is 5.52 Å². The molecule has 0 unspecified atom stereocenters. The van der Waals surface area contributed by atoms with Gasteiger partial charge in [-0.1, -0.05) is 6.42 Å². The van der Waals surface area contributed by atoms with Crippen molar-refractivity contribution in [3.05, 3.63) is 40.6 Å². The third-order valence-electron chi connectivity index (χ3n) is 3.75. The molecular weight excluding hydrogens is 242 g/mol. The zero-order valence-corrected chi connectivity index (χ0v) is 10.5. The van der Waals surface area contributed by atoms with Crippen molar-refractivity contribution in [3.63, 3.8) is 0 Å². The quantitative estimate of drug-likeness (QED) is 0.673. The van der Waals surface area contributed by atoms with Crippen LogP contribution in [0.15, 0.2) is 30.5 Å². The fourth-order valence-corrected chi connectivity index (χ4v) is 2.41. The normalized spacial score (nSPS) is 15.2. The second-order valence-corrected chi connectivity index (χ2v) is 4.97. The van der Waals surface area contributed by atoms with Gasteiger partial charge in [0.05, 0.1) is 4.92 Å². The Morgan fingerprint density at radius 1 is 1.37 bits per heavy atom. The van der Waals surface area contributed by atoms with Crippen molar-refractivity contribution < 1.29 is 4.92 Å². The second-order valence-electron chi connectivity index (χ2n) is 4.97. The molecule has 19 heavy (non-hydrogen) atoms. The van der Waals surface area contributed by atoms with Crippen molar-refractivity contribution in [3.8, 4) is 0 Å². The van der Waals surface area contributed by atoms with E-state index in [4.69, 9.17) is 0 Å². The number of hydrogen-bond donors (Lipinski definition) is 1. The number of nitro benzene ring substituents is 1. The van der Waals surface area contributed by atoms with Crippen LogP contribution in [0.5, 0.6) is 0 Å². The summed E-state index contributed by atoms with van der Waals surface area (Å²) in [5.74, 6) is 0.738. The first kappa shape index (κ1) is 11.9. The zero-order valence-electron chi connectivity index (χ0n) is 10.5. The average molecular weight is 257 g/mol. The monoisotopic (exact) mass is 257 g/mol. The van der Waals surface area contributed by atoms with E-state index in [1.54, 1.807) is 18.3 Å². The summed E-state index contributed by atoms with van der Waals surface area (Å²) < 4.78 is 0. The highest BCUT2D eigenvalue weighted by Crippen LogP contribution is 2.31. The van der Waals surface area contributed by atoms with E-state index in [9.17, 15) is 10.1 Å². The molecule has 98 valence electrons. The van der Waals surface area contributed by atoms with E-state index in [2.05, 4.69) is 10.3 Å². The summed E-state index contributed by atoms with van der Waals surface area (Å²) in [4.78, 5) is 14.8. The Morgan fingerprint density at radius 2 is 2.21 bits per heavy atom. The van der Waals surface area contributed by atoms with E-state index >= 15 is 0 Å². The van der Waals surface area contributed by atoms with Crippen LogP contribution in [-0.2, 0) is 0 Å². The number of pyridine rings is 1. The fraction of sp³-hybridized carbons (Fsp3) is 0.357. The first-order chi connectivity index (χ1) is 9.25. The lowest BCUT2D eigenvalue weighted by Gasteiger charge is -2.26. The van der Waals surface area contributed by atoms with Gasteiger partial charge in [-0.25, -0.2) is 4.98 Å². The number of aromatic nitrogens is 1. The minimum Gasteiger partial charge on any atom is -0.384 e. The lowest BCUT2D eigenvalue weighted by atomic mass is 9.85. The van der Waals surface area contributed by atoms with Gasteiger partial charge in [0, 0.05) is 29.9 Å². The Labute approximate surface area is 110 Å². The lowest BCUT2D eigenvalue weighted by Crippen LogP contribution is -2.20. The Balaban J connectivity index is 1.95. The maximum absolute atomic E-state index is 11.0. The average Bonchev–Trinajstić information content (AvgIpc) is 2.36. The summed E-state index contributed by atoms with van der Waals surface area (Å²) in [5, 5.41) is 15.2. The van der Waals surface area contributed by atoms with Gasteiger partial charge in [-0.3, -0.25) is 10.1 Å². The molecule has 0 atom stereocenters. The Bertz CT molecular complexity index is 623. The molecule has 1 aliphatic rings. The van der Waals surface area contributed by atoms with Gasteiger partial charge in [0.25, 0.3) is 5.69 Å². The molecule has 5 nitrogen and oxygen atoms in total. The van der Waals surface area contributed by atoms with Crippen LogP contribution < -0.4 is 5.32 Å². The van der Waals surface area contributed by atoms with E-state index in [0.717, 1.165) is 23.5 Å². The SMILES string of the molecule is O=[N+]([O-])c1ccc(NCC2CCC2)c2cccnc12. The maximum atomic E-state index is 11.0. The van der Waals surface area contributed by atoms with Crippen LogP contribution in [0.25, 0.3) is 10.9 Å². The second kappa shape index (κ2) is 4.84. The van der Waals surface area contributed by atoms with E-state index in [-0.39, 0.29) is 10.6 Å². The van der Waals surface area contributed by atoms with Gasteiger partial charge >= 0.3 is 0 Å². The number of nitrogens with one attached hydrogen (secondary N) is 1. The lowest BCUT2D eigenvalue weighted by molar-refractivity contribution is -0.383. The number of benzene rings is 1. The molecule has 5 heteroatoms. The number of anilines is 1. The molecule has 0 amide bonds. The number of hydrogen-bond acceptors (Lipinski definition) is 4. The summed E-state index contributed by atoms with van der Waals surface area (Å²) in [6, 6.07) is 6.98. The minimum atomic E-state index is -0.384. The van der Waals surface area contributed by atoms with E-state index in [1.165, 1.54) is 25.3 Å². The third-order valence-corrected chi connectivity index (χ3v) is 3.75. The summed E-state index contributed by atoms with van der Waals surface area (Å²) in [7, 11) is 0. The van der Waals surface area contributed by atoms with Gasteiger partial charge in [-0.2, -0.15) is 0 Å². The predicted octanol–water partition coefficient (Wildman–Crippen LogP) is 3.36. The van der Waals surface area contributed by atoms with Crippen molar-refractivity contribution in [2.24, 2.45) is 5.92 Å². The molecule has 0 radical (unpaired) electrons. The maximum Gasteiger partial charge on any atom is 0.295 e. The van der Waals surface area contributed by atoms with Crippen LogP contribution in [0.3, 0.4) is 0 Å². The molecule has 1 aliphatic carbocycles. The van der Waals surface area contributed by atoms with Gasteiger partial charge in [-0.05, 0) is 37.0 Å². The molecule has 1 heterocycles. The third kappa shape index (κ3) is 2.23. The molecule has 0 aliphatic heterocycles. The summed E-state index contributed by atoms with van der Waals surface area (Å²) in [6.45, 7) is 0.932. The van der Waals surface area contributed by atoms with Crippen LogP contribution in [0, 0.1) is 16.0 Å². The standard InChI is InChI=1S/C14H15N3O2/c18-17(19)13-7-6-12(16-9-10-3-1-4-10)11-5-2-8-15-14(11)13/h2,5-8,10,16H,1,3-4,9H2. The molecule has 1 fully saturated rings. The molecule has 1 N–H and O–H groups in total. The van der Waals surface area contributed by atoms with Gasteiger partial charge in [0.15, 0.2) is 0 Å². The van der Waals surface area contributed by atoms with Crippen molar-refractivity contribution in [2.75, 3.05) is 11.9 Å². The molecule has 0 bridgehead atoms. The summed E-state index contributed by atoms with van der Waals surface area (Å²) in [6.07, 6.45) is 5.45. The number of fused-ring (bicyclic) bond motifs is 1. The van der Waals surface area contributed by atoms with Gasteiger partial charge in [-0.15, -0.1) is 0 Å². The first-order valence-corrected chi connectivity index (χ1v) is 6.51. The predicted molar refractivity (Wildman–Crippen MR) is 74.2 cm³/mol. The van der Waals surface area contributed by atoms with Crippen molar-refractivity contribution in [1.82, 2.24) is 4.98 Å². The highest BCUT2D eigenvalue weighted by Gasteiger charge is 2.19. The largest absolute Gasteiger partial charge is 0.384 e. The molecule has 2 aromatic rings. The number of non-ortho nitro benzene ring substituents is 1. The van der Waals surface area contributed by atoms with Gasteiger partial charge < -0.3 is 5.32 Å². The number of rotatable bonds is 4. The molecule has 1 aromatic carbocycles. The van der Waals surface area contributed by atoms with Crippen molar-refractivity contribution >= 4 is 22.3 Å². The zero-order chi connectivity index (χ0) is 13.2. The van der Waals surface area contributed by atoms with Crippen LogP contribution in [0.2, 0.25) is 0 Å². The molecular formula is C14H15N3O2. The number of nitro groups is 1. The van der Waals surface area contributed by atoms with Crippen LogP contribution in [0.1, 0.15) is 19.3 Å². The molecule has 3 rings (SSSR count). The van der Waals surface area contributed by atoms with Gasteiger partial charge in [0.1, 0.15) is 5.52 Å². The Kier molecular flexibility index (Phi) is 3.03. The first-order valence-electron chi connectivity index (χ1n) is 6.51. The molecule has 1 aromatic heterocycles. The van der Waals surface area contributed by atoms with Crippen LogP contribution in [-0.4, -0.2) is 16.5 Å². The minimum absolute atomic E-state index is 0.0600. The Hall–Kier alpha value is -2.17. The van der Waals surface area contributed by atoms with Crippen LogP contribution in [0.4, 0.5) is 11.4 Å². The highest BCUT2D eigenvalue weighted by molar-refractivity contribution is 5.96.